The van der Waals surface area contributed by atoms with Gasteiger partial charge in [0.2, 0.25) is 5.91 Å². The lowest BCUT2D eigenvalue weighted by molar-refractivity contribution is -0.113. The summed E-state index contributed by atoms with van der Waals surface area (Å²) in [5.74, 6) is 0.741. The van der Waals surface area contributed by atoms with Gasteiger partial charge in [-0.3, -0.25) is 9.59 Å². The summed E-state index contributed by atoms with van der Waals surface area (Å²) in [6, 6.07) is 21.9. The smallest absolute Gasteiger partial charge is 0.255 e. The van der Waals surface area contributed by atoms with Crippen molar-refractivity contribution < 1.29 is 14.3 Å². The lowest BCUT2D eigenvalue weighted by Gasteiger charge is -2.09. The highest BCUT2D eigenvalue weighted by Gasteiger charge is 2.08. The van der Waals surface area contributed by atoms with E-state index in [0.29, 0.717) is 22.7 Å². The first-order valence-corrected chi connectivity index (χ1v) is 10.1. The van der Waals surface area contributed by atoms with Crippen LogP contribution in [-0.2, 0) is 4.79 Å². The Morgan fingerprint density at radius 3 is 2.14 bits per heavy atom. The predicted molar refractivity (Wildman–Crippen MR) is 118 cm³/mol. The number of rotatable bonds is 7. The van der Waals surface area contributed by atoms with E-state index in [4.69, 9.17) is 4.74 Å². The van der Waals surface area contributed by atoms with Crippen molar-refractivity contribution in [3.63, 3.8) is 0 Å². The molecule has 3 aromatic carbocycles. The topological polar surface area (TPSA) is 67.4 Å². The van der Waals surface area contributed by atoms with Crippen LogP contribution in [0.15, 0.2) is 77.7 Å². The first kappa shape index (κ1) is 20.5. The van der Waals surface area contributed by atoms with Crippen LogP contribution in [-0.4, -0.2) is 24.7 Å². The Hall–Kier alpha value is -3.25. The zero-order valence-corrected chi connectivity index (χ0v) is 17.1. The summed E-state index contributed by atoms with van der Waals surface area (Å²) in [4.78, 5) is 25.6. The molecule has 0 aromatic heterocycles. The summed E-state index contributed by atoms with van der Waals surface area (Å²) in [6.07, 6.45) is 0. The highest BCUT2D eigenvalue weighted by atomic mass is 32.2. The van der Waals surface area contributed by atoms with E-state index in [1.54, 1.807) is 55.6 Å². The third kappa shape index (κ3) is 5.86. The van der Waals surface area contributed by atoms with E-state index in [2.05, 4.69) is 10.6 Å². The van der Waals surface area contributed by atoms with Gasteiger partial charge < -0.3 is 15.4 Å². The van der Waals surface area contributed by atoms with Crippen molar-refractivity contribution >= 4 is 35.0 Å². The van der Waals surface area contributed by atoms with Crippen LogP contribution >= 0.6 is 11.8 Å². The van der Waals surface area contributed by atoms with E-state index >= 15 is 0 Å². The van der Waals surface area contributed by atoms with E-state index in [1.807, 2.05) is 31.2 Å². The van der Waals surface area contributed by atoms with Crippen LogP contribution in [0.1, 0.15) is 15.9 Å². The van der Waals surface area contributed by atoms with Gasteiger partial charge in [-0.15, -0.1) is 11.8 Å². The number of carbonyl (C=O) groups is 2. The fourth-order valence-electron chi connectivity index (χ4n) is 2.64. The Morgan fingerprint density at radius 2 is 1.48 bits per heavy atom. The number of amides is 2. The lowest BCUT2D eigenvalue weighted by Crippen LogP contribution is -2.15. The fraction of sp³-hybridized carbons (Fsp3) is 0.130. The zero-order valence-electron chi connectivity index (χ0n) is 16.3. The monoisotopic (exact) mass is 406 g/mol. The Balaban J connectivity index is 1.53. The van der Waals surface area contributed by atoms with Crippen LogP contribution < -0.4 is 15.4 Å². The number of nitrogens with one attached hydrogen (secondary N) is 2. The highest BCUT2D eigenvalue weighted by molar-refractivity contribution is 8.00. The van der Waals surface area contributed by atoms with Crippen LogP contribution in [0, 0.1) is 6.92 Å². The third-order valence-corrected chi connectivity index (χ3v) is 5.41. The number of thioether (sulfide) groups is 1. The SMILES string of the molecule is COc1ccc(NC(=O)c2ccc(NC(=O)CSc3ccccc3C)cc2)cc1. The number of methoxy groups -OCH3 is 1. The Morgan fingerprint density at radius 1 is 0.862 bits per heavy atom. The second-order valence-electron chi connectivity index (χ2n) is 6.36. The Kier molecular flexibility index (Phi) is 6.92. The highest BCUT2D eigenvalue weighted by Crippen LogP contribution is 2.22. The molecule has 0 unspecified atom stereocenters. The van der Waals surface area contributed by atoms with Crippen molar-refractivity contribution in [2.24, 2.45) is 0 Å². The van der Waals surface area contributed by atoms with Crippen LogP contribution in [0.3, 0.4) is 0 Å². The predicted octanol–water partition coefficient (Wildman–Crippen LogP) is 4.99. The van der Waals surface area contributed by atoms with Gasteiger partial charge in [-0.05, 0) is 67.1 Å². The molecule has 6 heteroatoms. The summed E-state index contributed by atoms with van der Waals surface area (Å²) < 4.78 is 5.10. The molecule has 0 fully saturated rings. The number of hydrogen-bond donors (Lipinski definition) is 2. The average Bonchev–Trinajstić information content (AvgIpc) is 2.74. The molecule has 148 valence electrons. The Bertz CT molecular complexity index is 986. The second-order valence-corrected chi connectivity index (χ2v) is 7.38. The van der Waals surface area contributed by atoms with Gasteiger partial charge in [0.25, 0.3) is 5.91 Å². The zero-order chi connectivity index (χ0) is 20.6. The molecular formula is C23H22N2O3S. The minimum atomic E-state index is -0.219. The van der Waals surface area contributed by atoms with Gasteiger partial charge in [-0.2, -0.15) is 0 Å². The fourth-order valence-corrected chi connectivity index (χ4v) is 3.47. The molecule has 0 atom stereocenters. The molecule has 0 bridgehead atoms. The number of ether oxygens (including phenoxy) is 1. The summed E-state index contributed by atoms with van der Waals surface area (Å²) in [5.41, 5.74) is 2.99. The molecule has 0 aliphatic rings. The molecule has 2 N–H and O–H groups in total. The maximum absolute atomic E-state index is 12.4. The molecule has 0 aliphatic heterocycles. The summed E-state index contributed by atoms with van der Waals surface area (Å²) in [7, 11) is 1.59. The van der Waals surface area contributed by atoms with E-state index in [-0.39, 0.29) is 11.8 Å². The molecule has 29 heavy (non-hydrogen) atoms. The molecular weight excluding hydrogens is 384 g/mol. The maximum Gasteiger partial charge on any atom is 0.255 e. The molecule has 3 rings (SSSR count). The number of benzene rings is 3. The van der Waals surface area contributed by atoms with Crippen molar-refractivity contribution in [1.29, 1.82) is 0 Å². The summed E-state index contributed by atoms with van der Waals surface area (Å²) in [5, 5.41) is 5.68. The van der Waals surface area contributed by atoms with E-state index in [1.165, 1.54) is 11.8 Å². The minimum Gasteiger partial charge on any atom is -0.497 e. The van der Waals surface area contributed by atoms with Gasteiger partial charge >= 0.3 is 0 Å². The molecule has 0 radical (unpaired) electrons. The number of carbonyl (C=O) groups excluding carboxylic acids is 2. The summed E-state index contributed by atoms with van der Waals surface area (Å²) >= 11 is 1.50. The van der Waals surface area contributed by atoms with Crippen LogP contribution in [0.4, 0.5) is 11.4 Å². The second kappa shape index (κ2) is 9.80. The molecule has 0 heterocycles. The first-order chi connectivity index (χ1) is 14.0. The Labute approximate surface area is 174 Å². The molecule has 3 aromatic rings. The first-order valence-electron chi connectivity index (χ1n) is 9.09. The van der Waals surface area contributed by atoms with Gasteiger partial charge in [0.15, 0.2) is 0 Å². The lowest BCUT2D eigenvalue weighted by atomic mass is 10.2. The van der Waals surface area contributed by atoms with Crippen molar-refractivity contribution in [2.75, 3.05) is 23.5 Å². The van der Waals surface area contributed by atoms with Gasteiger partial charge in [-0.1, -0.05) is 18.2 Å². The standard InChI is InChI=1S/C23H22N2O3S/c1-16-5-3-4-6-21(16)29-15-22(26)24-18-9-7-17(8-10-18)23(27)25-19-11-13-20(28-2)14-12-19/h3-14H,15H2,1-2H3,(H,24,26)(H,25,27). The van der Waals surface area contributed by atoms with Crippen molar-refractivity contribution in [1.82, 2.24) is 0 Å². The third-order valence-electron chi connectivity index (χ3n) is 4.23. The molecule has 0 spiro atoms. The number of aryl methyl sites for hydroxylation is 1. The number of anilines is 2. The summed E-state index contributed by atoms with van der Waals surface area (Å²) in [6.45, 7) is 2.02. The maximum atomic E-state index is 12.4. The van der Waals surface area contributed by atoms with Crippen LogP contribution in [0.2, 0.25) is 0 Å². The largest absolute Gasteiger partial charge is 0.497 e. The quantitative estimate of drug-likeness (QED) is 0.543. The van der Waals surface area contributed by atoms with E-state index in [9.17, 15) is 9.59 Å². The minimum absolute atomic E-state index is 0.0892. The molecule has 0 aliphatic carbocycles. The van der Waals surface area contributed by atoms with Crippen molar-refractivity contribution in [3.05, 3.63) is 83.9 Å². The normalized spacial score (nSPS) is 10.3. The van der Waals surface area contributed by atoms with Gasteiger partial charge in [-0.25, -0.2) is 0 Å². The van der Waals surface area contributed by atoms with Crippen LogP contribution in [0.5, 0.6) is 5.75 Å². The van der Waals surface area contributed by atoms with Crippen molar-refractivity contribution in [2.45, 2.75) is 11.8 Å². The van der Waals surface area contributed by atoms with Gasteiger partial charge in [0, 0.05) is 21.8 Å². The van der Waals surface area contributed by atoms with Gasteiger partial charge in [0.05, 0.1) is 12.9 Å². The average molecular weight is 407 g/mol. The molecule has 2 amide bonds. The van der Waals surface area contributed by atoms with E-state index < -0.39 is 0 Å². The van der Waals surface area contributed by atoms with Crippen LogP contribution in [0.25, 0.3) is 0 Å². The molecule has 0 saturated carbocycles. The molecule has 5 nitrogen and oxygen atoms in total. The van der Waals surface area contributed by atoms with Crippen molar-refractivity contribution in [3.8, 4) is 5.75 Å². The molecule has 0 saturated heterocycles. The number of hydrogen-bond acceptors (Lipinski definition) is 4. The van der Waals surface area contributed by atoms with Gasteiger partial charge in [0.1, 0.15) is 5.75 Å². The van der Waals surface area contributed by atoms with E-state index in [0.717, 1.165) is 16.2 Å².